The Hall–Kier alpha value is -4.86. The number of nitrogens with two attached hydrogens (primary N) is 2. The van der Waals surface area contributed by atoms with Crippen molar-refractivity contribution in [1.29, 1.82) is 0 Å². The number of imidazole rings is 1. The van der Waals surface area contributed by atoms with Gasteiger partial charge in [-0.3, -0.25) is 10.2 Å². The fourth-order valence-electron chi connectivity index (χ4n) is 2.68. The van der Waals surface area contributed by atoms with Gasteiger partial charge in [0.15, 0.2) is 11.5 Å². The van der Waals surface area contributed by atoms with E-state index in [2.05, 4.69) is 61.9 Å². The molecule has 6 heterocycles. The van der Waals surface area contributed by atoms with Crippen LogP contribution in [-0.2, 0) is 6.42 Å². The summed E-state index contributed by atoms with van der Waals surface area (Å²) in [5.74, 6) is 0.613. The number of aromatic nitrogens is 11. The van der Waals surface area contributed by atoms with Crippen molar-refractivity contribution in [2.75, 3.05) is 14.1 Å². The van der Waals surface area contributed by atoms with Gasteiger partial charge in [-0.15, -0.1) is 0 Å². The highest BCUT2D eigenvalue weighted by atomic mass is 19.1. The van der Waals surface area contributed by atoms with Crippen molar-refractivity contribution in [1.82, 2.24) is 61.2 Å². The lowest BCUT2D eigenvalue weighted by Crippen LogP contribution is -2.06. The third kappa shape index (κ3) is 11.8. The highest BCUT2D eigenvalue weighted by Gasteiger charge is 2.11. The number of aromatic amines is 3. The second kappa shape index (κ2) is 21.2. The van der Waals surface area contributed by atoms with Gasteiger partial charge in [-0.25, -0.2) is 24.6 Å². The van der Waals surface area contributed by atoms with Crippen LogP contribution >= 0.6 is 0 Å². The molecule has 0 fully saturated rings. The molecule has 10 N–H and O–H groups in total. The number of H-pyrrole nitrogens is 3. The van der Waals surface area contributed by atoms with Crippen LogP contribution in [0.15, 0.2) is 79.9 Å². The smallest absolute Gasteiger partial charge is 0.214 e. The van der Waals surface area contributed by atoms with Crippen molar-refractivity contribution in [2.45, 2.75) is 20.3 Å². The number of rotatable bonds is 3. The van der Waals surface area contributed by atoms with Crippen LogP contribution in [0.25, 0.3) is 17.0 Å². The molecule has 0 atom stereocenters. The number of hydrogen-bond donors (Lipinski definition) is 6. The number of fused-ring (bicyclic) bond motifs is 1. The molecule has 0 spiro atoms. The van der Waals surface area contributed by atoms with Crippen molar-refractivity contribution in [3.63, 3.8) is 0 Å². The van der Waals surface area contributed by atoms with E-state index < -0.39 is 5.95 Å². The van der Waals surface area contributed by atoms with Gasteiger partial charge in [-0.1, -0.05) is 19.9 Å². The molecule has 0 aromatic carbocycles. The molecule has 6 rings (SSSR count). The van der Waals surface area contributed by atoms with Crippen LogP contribution in [0.2, 0.25) is 0 Å². The molecule has 0 aliphatic heterocycles. The lowest BCUT2D eigenvalue weighted by Gasteiger charge is -2.05. The minimum absolute atomic E-state index is 0. The van der Waals surface area contributed by atoms with E-state index in [1.54, 1.807) is 54.0 Å². The van der Waals surface area contributed by atoms with Crippen molar-refractivity contribution >= 4 is 11.2 Å². The fourth-order valence-corrected chi connectivity index (χ4v) is 2.68. The standard InChI is InChI=1S/C14H10FN7.2C3H4N2.C2H6.2CH5N.H3N/c15-11-2-1-3-13(20-11)22-9(4-5-18-22)6-12-19-10-7-16-8-17-14(10)21-12;2*1-2-4-5-3-1;3*1-2;/h1-5,7-8H,6H2,(H,16,17,19,21);2*1-3H,(H,4,5);1-2H3;2*2H2,1H3;1H3. The average molecular weight is 541 g/mol. The third-order valence-electron chi connectivity index (χ3n) is 4.01. The molecule has 0 saturated heterocycles. The summed E-state index contributed by atoms with van der Waals surface area (Å²) in [7, 11) is 3.00. The molecule has 14 nitrogen and oxygen atoms in total. The van der Waals surface area contributed by atoms with E-state index in [4.69, 9.17) is 0 Å². The van der Waals surface area contributed by atoms with Gasteiger partial charge in [-0.2, -0.15) is 19.7 Å². The Morgan fingerprint density at radius 3 is 2.05 bits per heavy atom. The molecule has 39 heavy (non-hydrogen) atoms. The van der Waals surface area contributed by atoms with E-state index in [9.17, 15) is 4.39 Å². The Morgan fingerprint density at radius 1 is 0.872 bits per heavy atom. The Labute approximate surface area is 226 Å². The first kappa shape index (κ1) is 34.1. The van der Waals surface area contributed by atoms with Gasteiger partial charge < -0.3 is 22.6 Å². The highest BCUT2D eigenvalue weighted by Crippen LogP contribution is 2.14. The summed E-state index contributed by atoms with van der Waals surface area (Å²) >= 11 is 0. The Bertz CT molecular complexity index is 1240. The number of pyridine rings is 1. The molecule has 0 amide bonds. The largest absolute Gasteiger partial charge is 0.344 e. The van der Waals surface area contributed by atoms with Gasteiger partial charge >= 0.3 is 0 Å². The van der Waals surface area contributed by atoms with Crippen molar-refractivity contribution in [2.24, 2.45) is 11.5 Å². The van der Waals surface area contributed by atoms with Gasteiger partial charge in [0.1, 0.15) is 17.7 Å². The van der Waals surface area contributed by atoms with E-state index in [1.165, 1.54) is 26.5 Å². The Balaban J connectivity index is 0.000000701. The first-order valence-electron chi connectivity index (χ1n) is 11.6. The second-order valence-electron chi connectivity index (χ2n) is 6.21. The zero-order chi connectivity index (χ0) is 28.0. The molecule has 0 aliphatic rings. The van der Waals surface area contributed by atoms with Gasteiger partial charge in [0.2, 0.25) is 5.95 Å². The topological polar surface area (TPSA) is 230 Å². The minimum Gasteiger partial charge on any atom is -0.344 e. The van der Waals surface area contributed by atoms with Gasteiger partial charge in [0.25, 0.3) is 0 Å². The molecule has 0 saturated carbocycles. The lowest BCUT2D eigenvalue weighted by molar-refractivity contribution is 0.576. The fraction of sp³-hybridized carbons (Fsp3) is 0.208. The van der Waals surface area contributed by atoms with Crippen LogP contribution in [0.5, 0.6) is 0 Å². The monoisotopic (exact) mass is 540 g/mol. The predicted molar refractivity (Wildman–Crippen MR) is 150 cm³/mol. The van der Waals surface area contributed by atoms with E-state index in [1.807, 2.05) is 32.0 Å². The normalized spacial score (nSPS) is 8.79. The van der Waals surface area contributed by atoms with E-state index in [0.29, 0.717) is 17.9 Å². The zero-order valence-corrected chi connectivity index (χ0v) is 22.5. The van der Waals surface area contributed by atoms with Gasteiger partial charge in [-0.05, 0) is 44.4 Å². The lowest BCUT2D eigenvalue weighted by atomic mass is 10.3. The average Bonchev–Trinajstić information content (AvgIpc) is 3.81. The zero-order valence-electron chi connectivity index (χ0n) is 22.5. The maximum atomic E-state index is 13.3. The molecule has 15 heteroatoms. The molecule has 6 aromatic heterocycles. The van der Waals surface area contributed by atoms with E-state index in [0.717, 1.165) is 17.0 Å². The Morgan fingerprint density at radius 2 is 1.54 bits per heavy atom. The van der Waals surface area contributed by atoms with Crippen LogP contribution in [0.3, 0.4) is 0 Å². The van der Waals surface area contributed by atoms with Crippen molar-refractivity contribution in [3.05, 3.63) is 97.4 Å². The number of nitrogens with one attached hydrogen (secondary N) is 3. The van der Waals surface area contributed by atoms with Crippen molar-refractivity contribution < 1.29 is 4.39 Å². The number of nitrogens with zero attached hydrogens (tertiary/aromatic N) is 8. The van der Waals surface area contributed by atoms with Crippen LogP contribution in [-0.4, -0.2) is 69.2 Å². The van der Waals surface area contributed by atoms with E-state index in [-0.39, 0.29) is 6.15 Å². The van der Waals surface area contributed by atoms with Crippen LogP contribution < -0.4 is 17.6 Å². The molecule has 0 bridgehead atoms. The molecule has 0 unspecified atom stereocenters. The molecule has 0 aliphatic carbocycles. The maximum absolute atomic E-state index is 13.3. The molecule has 210 valence electrons. The SMILES string of the molecule is CC.CN.CN.Fc1cccc(-n2nccc2Cc2nc3ncncc3[nH]2)n1.N.c1cn[nH]c1.c1cn[nH]c1. The quantitative estimate of drug-likeness (QED) is 0.180. The van der Waals surface area contributed by atoms with E-state index >= 15 is 0 Å². The van der Waals surface area contributed by atoms with Crippen LogP contribution in [0.1, 0.15) is 25.4 Å². The first-order valence-corrected chi connectivity index (χ1v) is 11.6. The first-order chi connectivity index (χ1) is 18.8. The van der Waals surface area contributed by atoms with Gasteiger partial charge in [0, 0.05) is 37.4 Å². The molecule has 0 radical (unpaired) electrons. The Kier molecular flexibility index (Phi) is 18.6. The van der Waals surface area contributed by atoms with Crippen LogP contribution in [0.4, 0.5) is 4.39 Å². The summed E-state index contributed by atoms with van der Waals surface area (Å²) in [5, 5.41) is 16.6. The molecule has 6 aromatic rings. The minimum atomic E-state index is -0.544. The molecular weight excluding hydrogens is 503 g/mol. The van der Waals surface area contributed by atoms with Crippen molar-refractivity contribution in [3.8, 4) is 5.82 Å². The van der Waals surface area contributed by atoms with Crippen LogP contribution in [0, 0.1) is 5.95 Å². The third-order valence-corrected chi connectivity index (χ3v) is 4.01. The summed E-state index contributed by atoms with van der Waals surface area (Å²) in [6.07, 6.45) is 12.2. The molecular formula is C24H37FN14. The number of halogens is 1. The number of hydrogen-bond acceptors (Lipinski definition) is 10. The maximum Gasteiger partial charge on any atom is 0.214 e. The second-order valence-corrected chi connectivity index (χ2v) is 6.21. The summed E-state index contributed by atoms with van der Waals surface area (Å²) in [6, 6.07) is 10.1. The summed E-state index contributed by atoms with van der Waals surface area (Å²) in [6.45, 7) is 4.00. The highest BCUT2D eigenvalue weighted by molar-refractivity contribution is 5.68. The summed E-state index contributed by atoms with van der Waals surface area (Å²) in [4.78, 5) is 19.4. The van der Waals surface area contributed by atoms with Gasteiger partial charge in [0.05, 0.1) is 11.9 Å². The summed E-state index contributed by atoms with van der Waals surface area (Å²) in [5.41, 5.74) is 11.2. The summed E-state index contributed by atoms with van der Waals surface area (Å²) < 4.78 is 14.9. The predicted octanol–water partition coefficient (Wildman–Crippen LogP) is 2.82.